The van der Waals surface area contributed by atoms with E-state index in [-0.39, 0.29) is 5.41 Å². The molecular weight excluding hydrogens is 391 g/mol. The fraction of sp³-hybridized carbons (Fsp3) is 0.227. The number of benzene rings is 1. The van der Waals surface area contributed by atoms with Crippen molar-refractivity contribution in [1.82, 2.24) is 15.0 Å². The predicted octanol–water partition coefficient (Wildman–Crippen LogP) is 3.07. The van der Waals surface area contributed by atoms with Gasteiger partial charge < -0.3 is 19.7 Å². The van der Waals surface area contributed by atoms with Gasteiger partial charge in [-0.15, -0.1) is 0 Å². The quantitative estimate of drug-likeness (QED) is 0.488. The number of ether oxygens (including phenoxy) is 1. The molecule has 9 heteroatoms. The number of anilines is 3. The summed E-state index contributed by atoms with van der Waals surface area (Å²) in [6.07, 6.45) is 4.04. The molecule has 0 unspecified atom stereocenters. The highest BCUT2D eigenvalue weighted by atomic mass is 16.5. The van der Waals surface area contributed by atoms with Crippen LogP contribution in [-0.2, 0) is 10.2 Å². The number of methoxy groups -OCH3 is 1. The maximum Gasteiger partial charge on any atom is 0.329 e. The molecule has 0 saturated heterocycles. The van der Waals surface area contributed by atoms with Gasteiger partial charge in [0.25, 0.3) is 0 Å². The van der Waals surface area contributed by atoms with Crippen LogP contribution in [0.1, 0.15) is 25.0 Å². The lowest BCUT2D eigenvalue weighted by atomic mass is 9.84. The molecular formula is C22H20BN6O2. The van der Waals surface area contributed by atoms with Gasteiger partial charge in [-0.1, -0.05) is 13.8 Å². The number of nitriles is 1. The van der Waals surface area contributed by atoms with Crippen molar-refractivity contribution in [3.8, 4) is 23.2 Å². The minimum Gasteiger partial charge on any atom is -0.480 e. The summed E-state index contributed by atoms with van der Waals surface area (Å²) in [7, 11) is 3.02. The Balaban J connectivity index is 1.75. The van der Waals surface area contributed by atoms with E-state index in [4.69, 9.17) is 4.74 Å². The van der Waals surface area contributed by atoms with Crippen molar-refractivity contribution in [2.75, 3.05) is 23.8 Å². The molecule has 1 radical (unpaired) electrons. The van der Waals surface area contributed by atoms with Crippen molar-refractivity contribution in [1.29, 1.82) is 5.26 Å². The Morgan fingerprint density at radius 3 is 2.87 bits per heavy atom. The first-order valence-electron chi connectivity index (χ1n) is 9.70. The Labute approximate surface area is 181 Å². The molecule has 31 heavy (non-hydrogen) atoms. The molecule has 3 aromatic rings. The third-order valence-electron chi connectivity index (χ3n) is 5.22. The van der Waals surface area contributed by atoms with Crippen molar-refractivity contribution in [2.24, 2.45) is 0 Å². The summed E-state index contributed by atoms with van der Waals surface area (Å²) in [4.78, 5) is 26.0. The molecule has 1 aromatic carbocycles. The molecule has 0 aliphatic carbocycles. The van der Waals surface area contributed by atoms with Gasteiger partial charge in [0.1, 0.15) is 17.9 Å². The van der Waals surface area contributed by atoms with Crippen LogP contribution in [-0.4, -0.2) is 42.2 Å². The van der Waals surface area contributed by atoms with Crippen LogP contribution in [0.15, 0.2) is 42.7 Å². The summed E-state index contributed by atoms with van der Waals surface area (Å²) in [5, 5.41) is 12.9. The van der Waals surface area contributed by atoms with Crippen LogP contribution < -0.4 is 14.9 Å². The standard InChI is InChI=1S/C22H20BN6O2/c1-22(2)12-29(23-13-30)19-15(11-24)9-14(10-16(19)22)17-6-8-26-21(27-17)28-18-5-4-7-25-20(18)31-3/h4-10,13H,12H2,1-3H3,(H,26,27,28). The summed E-state index contributed by atoms with van der Waals surface area (Å²) < 4.78 is 5.27. The van der Waals surface area contributed by atoms with E-state index in [2.05, 4.69) is 40.2 Å². The summed E-state index contributed by atoms with van der Waals surface area (Å²) in [5.74, 6) is 0.826. The van der Waals surface area contributed by atoms with Crippen molar-refractivity contribution < 1.29 is 9.53 Å². The number of nitrogens with one attached hydrogen (secondary N) is 1. The van der Waals surface area contributed by atoms with Crippen molar-refractivity contribution in [2.45, 2.75) is 19.3 Å². The average molecular weight is 411 g/mol. The van der Waals surface area contributed by atoms with Gasteiger partial charge in [-0.3, -0.25) is 0 Å². The molecule has 0 atom stereocenters. The van der Waals surface area contributed by atoms with E-state index in [1.54, 1.807) is 37.7 Å². The number of pyridine rings is 1. The molecule has 0 bridgehead atoms. The van der Waals surface area contributed by atoms with E-state index in [1.807, 2.05) is 16.9 Å². The van der Waals surface area contributed by atoms with Crippen LogP contribution in [0.25, 0.3) is 11.3 Å². The largest absolute Gasteiger partial charge is 0.480 e. The van der Waals surface area contributed by atoms with Crippen molar-refractivity contribution >= 4 is 30.9 Å². The summed E-state index contributed by atoms with van der Waals surface area (Å²) in [5.41, 5.74) is 4.17. The fourth-order valence-electron chi connectivity index (χ4n) is 3.83. The third-order valence-corrected chi connectivity index (χ3v) is 5.22. The second kappa shape index (κ2) is 8.07. The van der Waals surface area contributed by atoms with E-state index < -0.39 is 0 Å². The topological polar surface area (TPSA) is 104 Å². The second-order valence-corrected chi connectivity index (χ2v) is 7.78. The van der Waals surface area contributed by atoms with Crippen molar-refractivity contribution in [3.05, 3.63) is 53.9 Å². The molecule has 0 fully saturated rings. The van der Waals surface area contributed by atoms with Gasteiger partial charge in [-0.2, -0.15) is 5.26 Å². The lowest BCUT2D eigenvalue weighted by Crippen LogP contribution is -2.32. The number of hydrogen-bond acceptors (Lipinski definition) is 8. The van der Waals surface area contributed by atoms with E-state index in [9.17, 15) is 10.1 Å². The Morgan fingerprint density at radius 1 is 1.29 bits per heavy atom. The smallest absolute Gasteiger partial charge is 0.329 e. The molecule has 1 aliphatic rings. The van der Waals surface area contributed by atoms with E-state index >= 15 is 0 Å². The van der Waals surface area contributed by atoms with E-state index in [0.717, 1.165) is 23.0 Å². The lowest BCUT2D eigenvalue weighted by Gasteiger charge is -2.20. The Bertz CT molecular complexity index is 1190. The molecule has 4 rings (SSSR count). The van der Waals surface area contributed by atoms with Gasteiger partial charge in [0.2, 0.25) is 11.8 Å². The molecule has 0 amide bonds. The monoisotopic (exact) mass is 411 g/mol. The van der Waals surface area contributed by atoms with Crippen molar-refractivity contribution in [3.63, 3.8) is 0 Å². The van der Waals surface area contributed by atoms with Crippen LogP contribution in [0.5, 0.6) is 5.88 Å². The average Bonchev–Trinajstić information content (AvgIpc) is 3.04. The van der Waals surface area contributed by atoms with Gasteiger partial charge in [-0.25, -0.2) is 15.0 Å². The van der Waals surface area contributed by atoms with Crippen LogP contribution >= 0.6 is 0 Å². The minimum absolute atomic E-state index is 0.229. The molecule has 153 valence electrons. The normalized spacial score (nSPS) is 13.8. The zero-order valence-electron chi connectivity index (χ0n) is 17.5. The highest BCUT2D eigenvalue weighted by molar-refractivity contribution is 6.70. The van der Waals surface area contributed by atoms with Crippen LogP contribution in [0, 0.1) is 11.3 Å². The maximum absolute atomic E-state index is 11.1. The first-order valence-corrected chi connectivity index (χ1v) is 9.70. The van der Waals surface area contributed by atoms with Gasteiger partial charge in [0.05, 0.1) is 18.4 Å². The summed E-state index contributed by atoms with van der Waals surface area (Å²) in [6, 6.07) is 11.5. The van der Waals surface area contributed by atoms with E-state index in [0.29, 0.717) is 35.3 Å². The number of carbonyl (C=O) groups is 1. The Morgan fingerprint density at radius 2 is 2.13 bits per heavy atom. The highest BCUT2D eigenvalue weighted by Crippen LogP contribution is 2.44. The van der Waals surface area contributed by atoms with Gasteiger partial charge >= 0.3 is 7.41 Å². The Hall–Kier alpha value is -3.93. The van der Waals surface area contributed by atoms with Gasteiger partial charge in [0, 0.05) is 35.6 Å². The molecule has 1 aliphatic heterocycles. The maximum atomic E-state index is 11.1. The molecule has 0 spiro atoms. The zero-order valence-corrected chi connectivity index (χ0v) is 17.5. The predicted molar refractivity (Wildman–Crippen MR) is 119 cm³/mol. The Kier molecular flexibility index (Phi) is 5.30. The lowest BCUT2D eigenvalue weighted by molar-refractivity contribution is 0.400. The number of fused-ring (bicyclic) bond motifs is 1. The first kappa shape index (κ1) is 20.4. The van der Waals surface area contributed by atoms with Crippen LogP contribution in [0.4, 0.5) is 17.3 Å². The van der Waals surface area contributed by atoms with E-state index in [1.165, 1.54) is 7.41 Å². The molecule has 0 saturated carbocycles. The zero-order chi connectivity index (χ0) is 22.0. The molecule has 8 nitrogen and oxygen atoms in total. The number of nitrogens with zero attached hydrogens (tertiary/aromatic N) is 5. The van der Waals surface area contributed by atoms with Gasteiger partial charge in [0.15, 0.2) is 0 Å². The number of hydrogen-bond donors (Lipinski definition) is 1. The molecule has 2 aromatic heterocycles. The van der Waals surface area contributed by atoms with Gasteiger partial charge in [-0.05, 0) is 35.9 Å². The number of rotatable bonds is 6. The second-order valence-electron chi connectivity index (χ2n) is 7.78. The highest BCUT2D eigenvalue weighted by Gasteiger charge is 2.37. The number of carbonyl (C=O) groups excluding carboxylic acids is 1. The van der Waals surface area contributed by atoms with Crippen LogP contribution in [0.3, 0.4) is 0 Å². The first-order chi connectivity index (χ1) is 15.0. The third kappa shape index (κ3) is 3.80. The summed E-state index contributed by atoms with van der Waals surface area (Å²) in [6.45, 7) is 4.81. The van der Waals surface area contributed by atoms with Crippen LogP contribution in [0.2, 0.25) is 0 Å². The molecule has 3 heterocycles. The fourth-order valence-corrected chi connectivity index (χ4v) is 3.83. The summed E-state index contributed by atoms with van der Waals surface area (Å²) >= 11 is 0. The SMILES string of the molecule is COc1ncccc1Nc1nccc(-c2cc(C#N)c3c(c2)C(C)(C)CN3[B]C=O)n1. The number of aromatic nitrogens is 3. The molecule has 1 N–H and O–H groups in total. The minimum atomic E-state index is -0.229.